The van der Waals surface area contributed by atoms with Gasteiger partial charge < -0.3 is 50.2 Å². The lowest BCUT2D eigenvalue weighted by Gasteiger charge is -2.49. The van der Waals surface area contributed by atoms with E-state index in [-0.39, 0.29) is 96.1 Å². The van der Waals surface area contributed by atoms with Crippen LogP contribution in [0.15, 0.2) is 115 Å². The standard InChI is InChI=1S/C31H42N2O4.C24H29NO3.C23H36N2O2/c1-21(2)33(22(3)4)30(35)37-26-16-15-24-18-25-14-10-7-11-17-31(5,27(24)19-26)28(25)32-29(34)36-20-23-12-8-6-9-13-23;1-24-13-7-3-6-10-19(14-18-11-12-20(26)15-21(18)24)22(24)25-23(27)28-16-17-8-4-2-5-9-17;1-15(2)25(16(3)4)22(26)27-19-11-10-17-13-18-9-7-6-8-12-23(5,21(18)24)20(17)14-19/h6,8-9,12-13,15-16,19,21-22,25,28H,7,10-11,14,17-18,20H2,1-5H3,(H,32,34);2,4-5,8-9,11-12,15,19,22,26H,3,6-7,10,13-14,16H2,1H3,(H,25,27);10-11,14-16,18,21H,6-9,12-13,24H2,1-5H3/t25-,28-,31+;19-,22-,24+;18-,21-,23+/m000/s1. The normalized spacial score (nSPS) is 25.4. The molecule has 6 aliphatic rings. The summed E-state index contributed by atoms with van der Waals surface area (Å²) in [5.41, 5.74) is 15.8. The second kappa shape index (κ2) is 30.8. The number of phenols is 1. The van der Waals surface area contributed by atoms with Crippen molar-refractivity contribution in [3.63, 3.8) is 0 Å². The molecule has 5 N–H and O–H groups in total. The first-order valence-corrected chi connectivity index (χ1v) is 34.8. The van der Waals surface area contributed by atoms with Gasteiger partial charge in [0.25, 0.3) is 0 Å². The molecule has 5 aromatic rings. The summed E-state index contributed by atoms with van der Waals surface area (Å²) in [6, 6.07) is 38.0. The molecule has 0 spiro atoms. The maximum atomic E-state index is 13.0. The molecule has 3 fully saturated rings. The Morgan fingerprint density at radius 1 is 0.478 bits per heavy atom. The third-order valence-corrected chi connectivity index (χ3v) is 21.5. The highest BCUT2D eigenvalue weighted by Gasteiger charge is 2.49. The lowest BCUT2D eigenvalue weighted by Crippen LogP contribution is -2.57. The maximum absolute atomic E-state index is 13.0. The average Bonchev–Trinajstić information content (AvgIpc) is 0.762. The van der Waals surface area contributed by atoms with Gasteiger partial charge >= 0.3 is 24.4 Å². The molecule has 498 valence electrons. The molecule has 6 bridgehead atoms. The van der Waals surface area contributed by atoms with Gasteiger partial charge in [0.15, 0.2) is 0 Å². The number of nitrogens with zero attached hydrogens (tertiary/aromatic N) is 2. The molecular formula is C78H107N5O9. The number of amides is 4. The van der Waals surface area contributed by atoms with E-state index in [2.05, 4.69) is 55.7 Å². The first-order chi connectivity index (χ1) is 44.0. The zero-order valence-electron chi connectivity index (χ0n) is 57.1. The van der Waals surface area contributed by atoms with Gasteiger partial charge in [-0.3, -0.25) is 0 Å². The molecule has 9 atom stereocenters. The number of alkyl carbamates (subject to hydrolysis) is 2. The molecule has 5 aromatic carbocycles. The van der Waals surface area contributed by atoms with Gasteiger partial charge in [-0.1, -0.05) is 157 Å². The third-order valence-electron chi connectivity index (χ3n) is 21.5. The Morgan fingerprint density at radius 2 is 0.837 bits per heavy atom. The number of phenolic OH excluding ortho intramolecular Hbond substituents is 1. The minimum absolute atomic E-state index is 0.0189. The van der Waals surface area contributed by atoms with E-state index >= 15 is 0 Å². The van der Waals surface area contributed by atoms with Gasteiger partial charge in [0.1, 0.15) is 30.5 Å². The summed E-state index contributed by atoms with van der Waals surface area (Å²) < 4.78 is 22.8. The largest absolute Gasteiger partial charge is 0.508 e. The second-order valence-electron chi connectivity index (χ2n) is 29.2. The van der Waals surface area contributed by atoms with Crippen molar-refractivity contribution >= 4 is 24.4 Å². The fourth-order valence-electron chi connectivity index (χ4n) is 16.8. The minimum atomic E-state index is -0.374. The van der Waals surface area contributed by atoms with Crippen LogP contribution in [-0.2, 0) is 58.2 Å². The van der Waals surface area contributed by atoms with E-state index in [9.17, 15) is 24.3 Å². The summed E-state index contributed by atoms with van der Waals surface area (Å²) in [5, 5.41) is 16.6. The molecule has 14 heteroatoms. The third kappa shape index (κ3) is 16.3. The molecule has 3 saturated carbocycles. The van der Waals surface area contributed by atoms with Crippen LogP contribution >= 0.6 is 0 Å². The zero-order valence-corrected chi connectivity index (χ0v) is 57.1. The number of nitrogens with two attached hydrogens (primary N) is 1. The summed E-state index contributed by atoms with van der Waals surface area (Å²) in [7, 11) is 0. The number of nitrogens with one attached hydrogen (secondary N) is 2. The van der Waals surface area contributed by atoms with E-state index < -0.39 is 0 Å². The average molecular weight is 1260 g/mol. The number of carbonyl (C=O) groups is 4. The second-order valence-corrected chi connectivity index (χ2v) is 29.2. The van der Waals surface area contributed by atoms with Crippen molar-refractivity contribution in [2.24, 2.45) is 23.5 Å². The highest BCUT2D eigenvalue weighted by atomic mass is 16.6. The molecule has 11 rings (SSSR count). The highest BCUT2D eigenvalue weighted by Crippen LogP contribution is 2.50. The lowest BCUT2D eigenvalue weighted by atomic mass is 9.59. The summed E-state index contributed by atoms with van der Waals surface area (Å²) in [6.45, 7) is 23.4. The molecule has 14 nitrogen and oxygen atoms in total. The molecule has 0 aromatic heterocycles. The lowest BCUT2D eigenvalue weighted by molar-refractivity contribution is 0.109. The summed E-state index contributed by atoms with van der Waals surface area (Å²) in [5.74, 6) is 2.79. The quantitative estimate of drug-likeness (QED) is 0.0938. The van der Waals surface area contributed by atoms with Crippen LogP contribution in [0.5, 0.6) is 17.2 Å². The Bertz CT molecular complexity index is 3260. The number of fused-ring (bicyclic) bond motifs is 12. The predicted octanol–water partition coefficient (Wildman–Crippen LogP) is 17.1. The molecular weight excluding hydrogens is 1150 g/mol. The monoisotopic (exact) mass is 1260 g/mol. The van der Waals surface area contributed by atoms with E-state index in [1.807, 2.05) is 140 Å². The van der Waals surface area contributed by atoms with Crippen molar-refractivity contribution in [3.05, 3.63) is 160 Å². The Morgan fingerprint density at radius 3 is 1.25 bits per heavy atom. The van der Waals surface area contributed by atoms with Gasteiger partial charge in [-0.15, -0.1) is 0 Å². The van der Waals surface area contributed by atoms with Crippen LogP contribution in [0, 0.1) is 17.8 Å². The van der Waals surface area contributed by atoms with Crippen LogP contribution in [0.3, 0.4) is 0 Å². The van der Waals surface area contributed by atoms with Crippen LogP contribution < -0.4 is 25.8 Å². The molecule has 92 heavy (non-hydrogen) atoms. The van der Waals surface area contributed by atoms with Gasteiger partial charge in [-0.05, 0) is 212 Å². The van der Waals surface area contributed by atoms with Gasteiger partial charge in [0, 0.05) is 58.5 Å². The maximum Gasteiger partial charge on any atom is 0.415 e. The van der Waals surface area contributed by atoms with Crippen molar-refractivity contribution in [1.82, 2.24) is 20.4 Å². The molecule has 0 unspecified atom stereocenters. The van der Waals surface area contributed by atoms with Gasteiger partial charge in [0.2, 0.25) is 0 Å². The Hall–Kier alpha value is -7.06. The first-order valence-electron chi connectivity index (χ1n) is 34.8. The van der Waals surface area contributed by atoms with Crippen molar-refractivity contribution < 1.29 is 43.2 Å². The van der Waals surface area contributed by atoms with E-state index in [0.29, 0.717) is 35.0 Å². The number of aromatic hydroxyl groups is 1. The van der Waals surface area contributed by atoms with Crippen LogP contribution in [0.2, 0.25) is 0 Å². The molecule has 0 aliphatic heterocycles. The van der Waals surface area contributed by atoms with E-state index in [0.717, 1.165) is 75.3 Å². The molecule has 0 radical (unpaired) electrons. The molecule has 0 heterocycles. The Kier molecular flexibility index (Phi) is 23.2. The van der Waals surface area contributed by atoms with Crippen LogP contribution in [0.25, 0.3) is 0 Å². The van der Waals surface area contributed by atoms with Crippen molar-refractivity contribution in [1.29, 1.82) is 0 Å². The van der Waals surface area contributed by atoms with Gasteiger partial charge in [0.05, 0.1) is 0 Å². The van der Waals surface area contributed by atoms with Crippen molar-refractivity contribution in [3.8, 4) is 17.2 Å². The number of rotatable bonds is 12. The SMILES string of the molecule is CC(C)N(C(=O)Oc1ccc2c(c1)[C@@]1(C)CCCCC[C@@H](C2)[C@@H]1N)C(C)C.CC(C)N(C(=O)Oc1ccc2c(c1)[C@@]1(C)CCCCC[C@@H](C2)[C@@H]1NC(=O)OCc1ccccc1)C(C)C.C[C@@]12CCCCC[C@@H](Cc3ccc(O)cc31)[C@@H]2NC(=O)OCc1ccccc1. The number of hydrogen-bond acceptors (Lipinski definition) is 10. The van der Waals surface area contributed by atoms with E-state index in [1.54, 1.807) is 15.9 Å². The molecule has 4 amide bonds. The number of carbonyl (C=O) groups excluding carboxylic acids is 4. The number of benzene rings is 5. The van der Waals surface area contributed by atoms with Crippen LogP contribution in [0.4, 0.5) is 19.2 Å². The van der Waals surface area contributed by atoms with Gasteiger partial charge in [-0.25, -0.2) is 19.2 Å². The highest BCUT2D eigenvalue weighted by molar-refractivity contribution is 5.73. The van der Waals surface area contributed by atoms with Crippen LogP contribution in [-0.4, -0.2) is 81.6 Å². The predicted molar refractivity (Wildman–Crippen MR) is 365 cm³/mol. The fourth-order valence-corrected chi connectivity index (χ4v) is 16.8. The number of ether oxygens (including phenoxy) is 4. The zero-order chi connectivity index (χ0) is 65.9. The smallest absolute Gasteiger partial charge is 0.415 e. The summed E-state index contributed by atoms with van der Waals surface area (Å²) in [4.78, 5) is 54.8. The topological polar surface area (TPSA) is 182 Å². The minimum Gasteiger partial charge on any atom is -0.508 e. The van der Waals surface area contributed by atoms with Crippen molar-refractivity contribution in [2.75, 3.05) is 0 Å². The fraction of sp³-hybridized carbons (Fsp3) is 0.564. The molecule has 0 saturated heterocycles. The molecule has 6 aliphatic carbocycles. The van der Waals surface area contributed by atoms with Gasteiger partial charge in [-0.2, -0.15) is 0 Å². The summed E-state index contributed by atoms with van der Waals surface area (Å²) >= 11 is 0. The Labute approximate surface area is 549 Å². The van der Waals surface area contributed by atoms with E-state index in [1.165, 1.54) is 84.7 Å². The van der Waals surface area contributed by atoms with Crippen LogP contribution in [0.1, 0.15) is 217 Å². The van der Waals surface area contributed by atoms with E-state index in [4.69, 9.17) is 24.7 Å². The summed E-state index contributed by atoms with van der Waals surface area (Å²) in [6.07, 6.45) is 18.9. The number of hydrogen-bond donors (Lipinski definition) is 4. The Balaban J connectivity index is 0.000000166. The first kappa shape index (κ1) is 69.3. The van der Waals surface area contributed by atoms with Crippen molar-refractivity contribution in [2.45, 2.75) is 263 Å².